The van der Waals surface area contributed by atoms with Crippen molar-refractivity contribution in [3.05, 3.63) is 64.7 Å². The summed E-state index contributed by atoms with van der Waals surface area (Å²) in [6, 6.07) is 7.87. The Labute approximate surface area is 154 Å². The number of hydroxylamine groups is 1. The summed E-state index contributed by atoms with van der Waals surface area (Å²) in [4.78, 5) is 25.2. The van der Waals surface area contributed by atoms with Gasteiger partial charge in [0, 0.05) is 32.3 Å². The minimum absolute atomic E-state index is 0.00616. The molecule has 2 rings (SSSR count). The van der Waals surface area contributed by atoms with E-state index in [0.29, 0.717) is 0 Å². The van der Waals surface area contributed by atoms with Crippen LogP contribution in [-0.4, -0.2) is 49.4 Å². The summed E-state index contributed by atoms with van der Waals surface area (Å²) in [7, 11) is 4.61. The molecule has 9 heteroatoms. The van der Waals surface area contributed by atoms with Crippen LogP contribution in [0, 0.1) is 11.6 Å². The third-order valence-electron chi connectivity index (χ3n) is 3.72. The Hall–Kier alpha value is -3.33. The number of rotatable bonds is 5. The Kier molecular flexibility index (Phi) is 6.19. The number of halogens is 2. The van der Waals surface area contributed by atoms with E-state index in [2.05, 4.69) is 5.10 Å². The van der Waals surface area contributed by atoms with Crippen LogP contribution in [0.2, 0.25) is 0 Å². The summed E-state index contributed by atoms with van der Waals surface area (Å²) in [6.45, 7) is 0. The zero-order valence-corrected chi connectivity index (χ0v) is 14.9. The molecule has 0 aliphatic heterocycles. The predicted octanol–water partition coefficient (Wildman–Crippen LogP) is 2.26. The molecule has 0 heterocycles. The highest BCUT2D eigenvalue weighted by atomic mass is 19.1. The zero-order valence-electron chi connectivity index (χ0n) is 14.9. The van der Waals surface area contributed by atoms with E-state index >= 15 is 0 Å². The number of carbonyl (C=O) groups excluding carboxylic acids is 2. The van der Waals surface area contributed by atoms with E-state index in [4.69, 9.17) is 5.21 Å². The van der Waals surface area contributed by atoms with Crippen LogP contribution in [0.15, 0.2) is 41.5 Å². The second-order valence-corrected chi connectivity index (χ2v) is 5.78. The fourth-order valence-corrected chi connectivity index (χ4v) is 2.24. The van der Waals surface area contributed by atoms with E-state index in [1.165, 1.54) is 41.7 Å². The van der Waals surface area contributed by atoms with Crippen molar-refractivity contribution in [3.8, 4) is 0 Å². The normalized spacial score (nSPS) is 10.7. The van der Waals surface area contributed by atoms with Crippen LogP contribution in [0.5, 0.6) is 0 Å². The fraction of sp³-hybridized carbons (Fsp3) is 0.167. The molecule has 0 aliphatic rings. The number of anilines is 1. The van der Waals surface area contributed by atoms with Gasteiger partial charge in [0.2, 0.25) is 0 Å². The van der Waals surface area contributed by atoms with Gasteiger partial charge in [-0.25, -0.2) is 19.3 Å². The highest BCUT2D eigenvalue weighted by Crippen LogP contribution is 2.21. The Morgan fingerprint density at radius 1 is 1.15 bits per heavy atom. The molecular formula is C18H18F2N4O3. The molecule has 2 aromatic carbocycles. The van der Waals surface area contributed by atoms with E-state index in [0.717, 1.165) is 17.3 Å². The Balaban J connectivity index is 2.22. The summed E-state index contributed by atoms with van der Waals surface area (Å²) < 4.78 is 28.5. The van der Waals surface area contributed by atoms with Crippen molar-refractivity contribution in [2.75, 3.05) is 26.0 Å². The van der Waals surface area contributed by atoms with Crippen LogP contribution in [0.4, 0.5) is 14.5 Å². The SMILES string of the molecule is CN(N=Cc1ccc(C(=O)NO)cc1F)C(=O)c1cccc(N(C)C)c1F. The molecule has 0 fully saturated rings. The molecule has 2 aromatic rings. The zero-order chi connectivity index (χ0) is 20.1. The van der Waals surface area contributed by atoms with Gasteiger partial charge >= 0.3 is 0 Å². The predicted molar refractivity (Wildman–Crippen MR) is 96.1 cm³/mol. The molecule has 0 bridgehead atoms. The smallest absolute Gasteiger partial charge is 0.276 e. The fourth-order valence-electron chi connectivity index (χ4n) is 2.24. The van der Waals surface area contributed by atoms with Crippen LogP contribution in [-0.2, 0) is 0 Å². The summed E-state index contributed by atoms with van der Waals surface area (Å²) in [5, 5.41) is 13.3. The number of hydrazone groups is 1. The first-order valence-corrected chi connectivity index (χ1v) is 7.78. The van der Waals surface area contributed by atoms with E-state index in [1.807, 2.05) is 0 Å². The number of nitrogens with one attached hydrogen (secondary N) is 1. The van der Waals surface area contributed by atoms with Crippen molar-refractivity contribution < 1.29 is 23.6 Å². The van der Waals surface area contributed by atoms with Crippen LogP contribution in [0.3, 0.4) is 0 Å². The molecule has 0 saturated heterocycles. The van der Waals surface area contributed by atoms with Gasteiger partial charge in [-0.3, -0.25) is 14.8 Å². The quantitative estimate of drug-likeness (QED) is 0.476. The monoisotopic (exact) mass is 376 g/mol. The minimum Gasteiger partial charge on any atom is -0.375 e. The molecule has 0 radical (unpaired) electrons. The molecule has 0 atom stereocenters. The van der Waals surface area contributed by atoms with Gasteiger partial charge in [-0.1, -0.05) is 6.07 Å². The lowest BCUT2D eigenvalue weighted by Crippen LogP contribution is -2.23. The molecular weight excluding hydrogens is 358 g/mol. The molecule has 2 amide bonds. The molecule has 0 saturated carbocycles. The van der Waals surface area contributed by atoms with Gasteiger partial charge < -0.3 is 4.90 Å². The average Bonchev–Trinajstić information content (AvgIpc) is 2.65. The van der Waals surface area contributed by atoms with E-state index in [-0.39, 0.29) is 22.4 Å². The Bertz CT molecular complexity index is 900. The number of nitrogens with zero attached hydrogens (tertiary/aromatic N) is 3. The number of hydrogen-bond donors (Lipinski definition) is 2. The minimum atomic E-state index is -0.860. The first-order chi connectivity index (χ1) is 12.8. The van der Waals surface area contributed by atoms with Gasteiger partial charge in [0.05, 0.1) is 17.5 Å². The molecule has 0 aliphatic carbocycles. The standard InChI is InChI=1S/C18H18F2N4O3/c1-23(2)15-6-4-5-13(16(15)20)18(26)24(3)21-10-12-8-7-11(9-14(12)19)17(25)22-27/h4-10,27H,1-3H3,(H,22,25). The van der Waals surface area contributed by atoms with E-state index in [1.54, 1.807) is 20.2 Å². The number of benzene rings is 2. The van der Waals surface area contributed by atoms with Gasteiger partial charge in [-0.05, 0) is 30.3 Å². The van der Waals surface area contributed by atoms with Crippen molar-refractivity contribution in [3.63, 3.8) is 0 Å². The molecule has 2 N–H and O–H groups in total. The number of hydrogen-bond acceptors (Lipinski definition) is 5. The highest BCUT2D eigenvalue weighted by Gasteiger charge is 2.19. The van der Waals surface area contributed by atoms with Crippen LogP contribution >= 0.6 is 0 Å². The van der Waals surface area contributed by atoms with Crippen LogP contribution in [0.25, 0.3) is 0 Å². The van der Waals surface area contributed by atoms with Gasteiger partial charge in [0.1, 0.15) is 5.82 Å². The van der Waals surface area contributed by atoms with Gasteiger partial charge in [-0.15, -0.1) is 0 Å². The first kappa shape index (κ1) is 20.0. The molecule has 27 heavy (non-hydrogen) atoms. The molecule has 0 aromatic heterocycles. The van der Waals surface area contributed by atoms with Crippen LogP contribution in [0.1, 0.15) is 26.3 Å². The lowest BCUT2D eigenvalue weighted by molar-refractivity contribution is 0.0705. The number of carbonyl (C=O) groups is 2. The van der Waals surface area contributed by atoms with Crippen molar-refractivity contribution >= 4 is 23.7 Å². The third kappa shape index (κ3) is 4.45. The largest absolute Gasteiger partial charge is 0.375 e. The first-order valence-electron chi connectivity index (χ1n) is 7.78. The third-order valence-corrected chi connectivity index (χ3v) is 3.72. The molecule has 7 nitrogen and oxygen atoms in total. The highest BCUT2D eigenvalue weighted by molar-refractivity contribution is 5.96. The molecule has 0 spiro atoms. The van der Waals surface area contributed by atoms with Crippen molar-refractivity contribution in [1.82, 2.24) is 10.5 Å². The Morgan fingerprint density at radius 2 is 1.85 bits per heavy atom. The molecule has 0 unspecified atom stereocenters. The van der Waals surface area contributed by atoms with Crippen molar-refractivity contribution in [2.45, 2.75) is 0 Å². The summed E-state index contributed by atoms with van der Waals surface area (Å²) in [5.74, 6) is -3.02. The second-order valence-electron chi connectivity index (χ2n) is 5.78. The maximum absolute atomic E-state index is 14.5. The topological polar surface area (TPSA) is 85.2 Å². The maximum atomic E-state index is 14.5. The van der Waals surface area contributed by atoms with Crippen molar-refractivity contribution in [2.24, 2.45) is 5.10 Å². The summed E-state index contributed by atoms with van der Waals surface area (Å²) >= 11 is 0. The summed E-state index contributed by atoms with van der Waals surface area (Å²) in [6.07, 6.45) is 1.07. The van der Waals surface area contributed by atoms with E-state index in [9.17, 15) is 18.4 Å². The Morgan fingerprint density at radius 3 is 2.44 bits per heavy atom. The van der Waals surface area contributed by atoms with E-state index < -0.39 is 23.4 Å². The second kappa shape index (κ2) is 8.37. The molecule has 142 valence electrons. The number of amides is 2. The lowest BCUT2D eigenvalue weighted by atomic mass is 10.1. The van der Waals surface area contributed by atoms with Gasteiger partial charge in [-0.2, -0.15) is 5.10 Å². The lowest BCUT2D eigenvalue weighted by Gasteiger charge is -2.17. The van der Waals surface area contributed by atoms with Crippen molar-refractivity contribution in [1.29, 1.82) is 0 Å². The van der Waals surface area contributed by atoms with Crippen LogP contribution < -0.4 is 10.4 Å². The van der Waals surface area contributed by atoms with Gasteiger partial charge in [0.15, 0.2) is 5.82 Å². The van der Waals surface area contributed by atoms with Gasteiger partial charge in [0.25, 0.3) is 11.8 Å². The average molecular weight is 376 g/mol. The summed E-state index contributed by atoms with van der Waals surface area (Å²) in [5.41, 5.74) is 1.40. The maximum Gasteiger partial charge on any atom is 0.276 e.